The predicted octanol–water partition coefficient (Wildman–Crippen LogP) is 3.64. The Balaban J connectivity index is 2.53. The maximum atomic E-state index is 12.8. The van der Waals surface area contributed by atoms with Gasteiger partial charge in [0.15, 0.2) is 0 Å². The van der Waals surface area contributed by atoms with E-state index in [1.165, 1.54) is 0 Å². The van der Waals surface area contributed by atoms with Crippen molar-refractivity contribution in [3.63, 3.8) is 0 Å². The molecule has 1 aliphatic rings. The fourth-order valence-corrected chi connectivity index (χ4v) is 1.42. The topological polar surface area (TPSA) is 9.23 Å². The Labute approximate surface area is 88.8 Å². The van der Waals surface area contributed by atoms with Crippen molar-refractivity contribution in [2.45, 2.75) is 50.2 Å². The van der Waals surface area contributed by atoms with Crippen LogP contribution in [-0.4, -0.2) is 24.6 Å². The zero-order chi connectivity index (χ0) is 12.4. The van der Waals surface area contributed by atoms with Gasteiger partial charge in [0.05, 0.1) is 6.10 Å². The van der Waals surface area contributed by atoms with E-state index >= 15 is 0 Å². The van der Waals surface area contributed by atoms with Gasteiger partial charge in [-0.2, -0.15) is 22.0 Å². The summed E-state index contributed by atoms with van der Waals surface area (Å²) in [5, 5.41) is 0. The molecule has 16 heavy (non-hydrogen) atoms. The Morgan fingerprint density at radius 3 is 2.25 bits per heavy atom. The Kier molecular flexibility index (Phi) is 4.09. The van der Waals surface area contributed by atoms with E-state index in [1.54, 1.807) is 6.42 Å². The molecule has 2 atom stereocenters. The Morgan fingerprint density at radius 2 is 1.81 bits per heavy atom. The molecule has 0 N–H and O–H groups in total. The third-order valence-corrected chi connectivity index (χ3v) is 2.34. The highest BCUT2D eigenvalue weighted by Gasteiger charge is 2.64. The van der Waals surface area contributed by atoms with Gasteiger partial charge in [0, 0.05) is 0 Å². The Bertz CT molecular complexity index is 221. The number of ether oxygens (including phenoxy) is 1. The molecule has 0 aromatic rings. The normalized spacial score (nSPS) is 22.1. The van der Waals surface area contributed by atoms with Gasteiger partial charge in [-0.25, -0.2) is 4.39 Å². The average Bonchev–Trinajstić information content (AvgIpc) is 2.17. The summed E-state index contributed by atoms with van der Waals surface area (Å²) in [6, 6.07) is 0. The van der Waals surface area contributed by atoms with E-state index in [-0.39, 0.29) is 6.42 Å². The molecule has 1 saturated carbocycles. The number of alkyl halides is 6. The molecule has 95 valence electrons. The quantitative estimate of drug-likeness (QED) is 0.694. The monoisotopic (exact) mass is 249 g/mol. The summed E-state index contributed by atoms with van der Waals surface area (Å²) in [5.41, 5.74) is 0. The van der Waals surface area contributed by atoms with Crippen molar-refractivity contribution >= 4 is 0 Å². The summed E-state index contributed by atoms with van der Waals surface area (Å²) < 4.78 is 77.0. The van der Waals surface area contributed by atoms with Gasteiger partial charge < -0.3 is 4.74 Å². The Hall–Kier alpha value is -0.460. The summed E-state index contributed by atoms with van der Waals surface area (Å²) in [4.78, 5) is 0. The lowest BCUT2D eigenvalue weighted by atomic mass is 9.98. The Morgan fingerprint density at radius 1 is 1.19 bits per heavy atom. The minimum Gasteiger partial charge on any atom is -0.340 e. The molecule has 1 rings (SSSR count). The molecular formula is C9H11F6O. The van der Waals surface area contributed by atoms with Crippen LogP contribution < -0.4 is 0 Å². The van der Waals surface area contributed by atoms with E-state index in [9.17, 15) is 26.3 Å². The van der Waals surface area contributed by atoms with E-state index in [4.69, 9.17) is 0 Å². The third-order valence-electron chi connectivity index (χ3n) is 2.34. The maximum absolute atomic E-state index is 12.8. The first kappa shape index (κ1) is 13.6. The summed E-state index contributed by atoms with van der Waals surface area (Å²) in [5.74, 6) is -5.45. The molecule has 0 amide bonds. The van der Waals surface area contributed by atoms with Crippen LogP contribution in [0.4, 0.5) is 26.3 Å². The first-order valence-corrected chi connectivity index (χ1v) is 4.81. The molecule has 1 fully saturated rings. The van der Waals surface area contributed by atoms with Crippen molar-refractivity contribution in [1.29, 1.82) is 0 Å². The molecule has 0 spiro atoms. The molecule has 0 saturated heterocycles. The first-order valence-electron chi connectivity index (χ1n) is 4.81. The van der Waals surface area contributed by atoms with Gasteiger partial charge in [-0.05, 0) is 25.7 Å². The molecule has 0 aromatic carbocycles. The molecule has 0 bridgehead atoms. The van der Waals surface area contributed by atoms with Crippen molar-refractivity contribution in [3.8, 4) is 0 Å². The van der Waals surface area contributed by atoms with Gasteiger partial charge in [-0.3, -0.25) is 0 Å². The lowest BCUT2D eigenvalue weighted by molar-refractivity contribution is -0.347. The van der Waals surface area contributed by atoms with Crippen LogP contribution in [0.25, 0.3) is 0 Å². The molecule has 0 heterocycles. The molecule has 0 aliphatic heterocycles. The maximum Gasteiger partial charge on any atom is 0.459 e. The lowest BCUT2D eigenvalue weighted by Gasteiger charge is -2.28. The molecule has 1 aliphatic carbocycles. The van der Waals surface area contributed by atoms with E-state index in [1.807, 2.05) is 0 Å². The van der Waals surface area contributed by atoms with Gasteiger partial charge in [-0.15, -0.1) is 0 Å². The van der Waals surface area contributed by atoms with Crippen LogP contribution in [0, 0.1) is 6.42 Å². The molecule has 0 aromatic heterocycles. The standard InChI is InChI=1S/C9H11F6O/c10-7(8(11,12)9(13,14)15)16-6-4-2-1-3-5-6/h2,6-7H,1,3-5H2. The van der Waals surface area contributed by atoms with E-state index < -0.39 is 24.6 Å². The SMILES string of the molecule is FC(OC1C[CH]CCC1)C(F)(F)C(F)(F)F. The molecule has 2 unspecified atom stereocenters. The van der Waals surface area contributed by atoms with Gasteiger partial charge in [-0.1, -0.05) is 6.42 Å². The van der Waals surface area contributed by atoms with Crippen LogP contribution in [0.1, 0.15) is 25.7 Å². The summed E-state index contributed by atoms with van der Waals surface area (Å²) >= 11 is 0. The van der Waals surface area contributed by atoms with Crippen LogP contribution in [0.15, 0.2) is 0 Å². The van der Waals surface area contributed by atoms with E-state index in [0.29, 0.717) is 12.8 Å². The first-order chi connectivity index (χ1) is 7.25. The smallest absolute Gasteiger partial charge is 0.340 e. The summed E-state index contributed by atoms with van der Waals surface area (Å²) in [7, 11) is 0. The van der Waals surface area contributed by atoms with Crippen molar-refractivity contribution in [2.75, 3.05) is 0 Å². The minimum atomic E-state index is -5.93. The predicted molar refractivity (Wildman–Crippen MR) is 43.5 cm³/mol. The van der Waals surface area contributed by atoms with E-state index in [2.05, 4.69) is 4.74 Å². The van der Waals surface area contributed by atoms with Crippen molar-refractivity contribution in [1.82, 2.24) is 0 Å². The largest absolute Gasteiger partial charge is 0.459 e. The van der Waals surface area contributed by atoms with Gasteiger partial charge in [0.1, 0.15) is 0 Å². The minimum absolute atomic E-state index is 0.203. The van der Waals surface area contributed by atoms with Gasteiger partial charge >= 0.3 is 12.1 Å². The van der Waals surface area contributed by atoms with Crippen molar-refractivity contribution in [2.24, 2.45) is 0 Å². The van der Waals surface area contributed by atoms with Crippen LogP contribution in [0.5, 0.6) is 0 Å². The second-order valence-corrected chi connectivity index (χ2v) is 3.65. The fourth-order valence-electron chi connectivity index (χ4n) is 1.42. The third kappa shape index (κ3) is 3.02. The second kappa shape index (κ2) is 4.81. The van der Waals surface area contributed by atoms with Crippen LogP contribution in [0.2, 0.25) is 0 Å². The molecule has 7 heteroatoms. The zero-order valence-corrected chi connectivity index (χ0v) is 8.24. The summed E-state index contributed by atoms with van der Waals surface area (Å²) in [6.45, 7) is 0. The number of halogens is 6. The van der Waals surface area contributed by atoms with Crippen molar-refractivity contribution < 1.29 is 31.1 Å². The van der Waals surface area contributed by atoms with Crippen LogP contribution in [-0.2, 0) is 4.74 Å². The number of hydrogen-bond acceptors (Lipinski definition) is 1. The summed E-state index contributed by atoms with van der Waals surface area (Å²) in [6.07, 6.45) is -6.92. The van der Waals surface area contributed by atoms with Crippen molar-refractivity contribution in [3.05, 3.63) is 6.42 Å². The highest BCUT2D eigenvalue weighted by atomic mass is 19.4. The fraction of sp³-hybridized carbons (Fsp3) is 0.889. The van der Waals surface area contributed by atoms with Gasteiger partial charge in [0.25, 0.3) is 6.36 Å². The lowest BCUT2D eigenvalue weighted by Crippen LogP contribution is -2.47. The van der Waals surface area contributed by atoms with Gasteiger partial charge in [0.2, 0.25) is 0 Å². The van der Waals surface area contributed by atoms with Crippen LogP contribution >= 0.6 is 0 Å². The molecular weight excluding hydrogens is 238 g/mol. The van der Waals surface area contributed by atoms with Crippen LogP contribution in [0.3, 0.4) is 0 Å². The number of hydrogen-bond donors (Lipinski definition) is 0. The molecule has 1 nitrogen and oxygen atoms in total. The zero-order valence-electron chi connectivity index (χ0n) is 8.24. The molecule has 1 radical (unpaired) electrons. The number of rotatable bonds is 3. The average molecular weight is 249 g/mol. The van der Waals surface area contributed by atoms with E-state index in [0.717, 1.165) is 6.42 Å². The highest BCUT2D eigenvalue weighted by Crippen LogP contribution is 2.40. The highest BCUT2D eigenvalue weighted by molar-refractivity contribution is 4.83. The second-order valence-electron chi connectivity index (χ2n) is 3.65.